The molecule has 20 heavy (non-hydrogen) atoms. The van der Waals surface area contributed by atoms with E-state index in [0.717, 1.165) is 13.1 Å². The van der Waals surface area contributed by atoms with Crippen molar-refractivity contribution in [3.63, 3.8) is 0 Å². The molecule has 0 radical (unpaired) electrons. The smallest absolute Gasteiger partial charge is 0.231 e. The Balaban J connectivity index is 2.94. The molecule has 2 N–H and O–H groups in total. The molecule has 7 heteroatoms. The zero-order valence-electron chi connectivity index (χ0n) is 12.6. The van der Waals surface area contributed by atoms with Gasteiger partial charge in [-0.05, 0) is 37.8 Å². The number of nitrogens with one attached hydrogen (secondary N) is 1. The van der Waals surface area contributed by atoms with E-state index in [9.17, 15) is 0 Å². The van der Waals surface area contributed by atoms with Crippen LogP contribution in [0.15, 0.2) is 0 Å². The maximum atomic E-state index is 9.11. The van der Waals surface area contributed by atoms with Gasteiger partial charge in [-0.2, -0.15) is 15.0 Å². The Hall–Kier alpha value is -1.14. The molecule has 0 spiro atoms. The number of aliphatic hydroxyl groups excluding tert-OH is 1. The minimum absolute atomic E-state index is 0.100. The van der Waals surface area contributed by atoms with Crippen LogP contribution < -0.4 is 10.2 Å². The Morgan fingerprint density at radius 1 is 1.20 bits per heavy atom. The fraction of sp³-hybridized carbons (Fsp3) is 0.769. The molecule has 1 aromatic rings. The summed E-state index contributed by atoms with van der Waals surface area (Å²) >= 11 is 5.97. The minimum Gasteiger partial charge on any atom is -0.396 e. The maximum absolute atomic E-state index is 9.11. The molecule has 0 aliphatic heterocycles. The lowest BCUT2D eigenvalue weighted by Gasteiger charge is -2.23. The van der Waals surface area contributed by atoms with E-state index in [1.54, 1.807) is 0 Å². The van der Waals surface area contributed by atoms with Gasteiger partial charge in [-0.15, -0.1) is 0 Å². The van der Waals surface area contributed by atoms with Gasteiger partial charge in [-0.1, -0.05) is 13.8 Å². The summed E-state index contributed by atoms with van der Waals surface area (Å²) in [4.78, 5) is 14.7. The van der Waals surface area contributed by atoms with Crippen LogP contribution in [0.3, 0.4) is 0 Å². The van der Waals surface area contributed by atoms with Crippen LogP contribution in [0.1, 0.15) is 34.1 Å². The number of halogens is 1. The Bertz CT molecular complexity index is 412. The van der Waals surface area contributed by atoms with Crippen molar-refractivity contribution in [3.8, 4) is 0 Å². The van der Waals surface area contributed by atoms with E-state index in [0.29, 0.717) is 24.2 Å². The van der Waals surface area contributed by atoms with Gasteiger partial charge < -0.3 is 15.3 Å². The second-order valence-corrected chi connectivity index (χ2v) is 5.25. The monoisotopic (exact) mass is 301 g/mol. The highest BCUT2D eigenvalue weighted by atomic mass is 35.5. The van der Waals surface area contributed by atoms with E-state index in [2.05, 4.69) is 34.1 Å². The summed E-state index contributed by atoms with van der Waals surface area (Å²) < 4.78 is 0. The van der Waals surface area contributed by atoms with Gasteiger partial charge in [0.25, 0.3) is 0 Å². The van der Waals surface area contributed by atoms with Crippen molar-refractivity contribution in [3.05, 3.63) is 5.28 Å². The van der Waals surface area contributed by atoms with Gasteiger partial charge in [0, 0.05) is 25.7 Å². The van der Waals surface area contributed by atoms with E-state index < -0.39 is 0 Å². The summed E-state index contributed by atoms with van der Waals surface area (Å²) in [6, 6.07) is 0.100. The predicted octanol–water partition coefficient (Wildman–Crippen LogP) is 2.19. The highest BCUT2D eigenvalue weighted by Gasteiger charge is 2.16. The van der Waals surface area contributed by atoms with Crippen molar-refractivity contribution in [1.82, 2.24) is 15.0 Å². The average molecular weight is 302 g/mol. The minimum atomic E-state index is 0.100. The SMILES string of the molecule is CCN(CC)c1nc(Cl)nc(NC(CCO)C(C)C)n1. The maximum Gasteiger partial charge on any atom is 0.231 e. The van der Waals surface area contributed by atoms with Crippen LogP contribution in [0.4, 0.5) is 11.9 Å². The van der Waals surface area contributed by atoms with Crippen LogP contribution in [-0.4, -0.2) is 45.8 Å². The molecule has 1 rings (SSSR count). The number of rotatable bonds is 8. The fourth-order valence-electron chi connectivity index (χ4n) is 1.93. The lowest BCUT2D eigenvalue weighted by atomic mass is 10.0. The highest BCUT2D eigenvalue weighted by molar-refractivity contribution is 6.28. The first-order valence-corrected chi connectivity index (χ1v) is 7.43. The molecule has 1 aromatic heterocycles. The molecular formula is C13H24ClN5O. The molecule has 0 fully saturated rings. The molecule has 0 aliphatic rings. The van der Waals surface area contributed by atoms with Crippen LogP contribution in [-0.2, 0) is 0 Å². The van der Waals surface area contributed by atoms with Gasteiger partial charge in [-0.3, -0.25) is 0 Å². The predicted molar refractivity (Wildman–Crippen MR) is 82.3 cm³/mol. The first kappa shape index (κ1) is 16.9. The quantitative estimate of drug-likeness (QED) is 0.767. The normalized spacial score (nSPS) is 12.6. The summed E-state index contributed by atoms with van der Waals surface area (Å²) in [7, 11) is 0. The molecule has 0 saturated heterocycles. The van der Waals surface area contributed by atoms with Crippen LogP contribution >= 0.6 is 11.6 Å². The van der Waals surface area contributed by atoms with Crippen molar-refractivity contribution < 1.29 is 5.11 Å². The third-order valence-electron chi connectivity index (χ3n) is 3.20. The number of anilines is 2. The van der Waals surface area contributed by atoms with Gasteiger partial charge in [-0.25, -0.2) is 0 Å². The Morgan fingerprint density at radius 2 is 1.85 bits per heavy atom. The summed E-state index contributed by atoms with van der Waals surface area (Å²) in [5, 5.41) is 12.5. The molecule has 0 amide bonds. The van der Waals surface area contributed by atoms with Crippen LogP contribution in [0.5, 0.6) is 0 Å². The number of nitrogens with zero attached hydrogens (tertiary/aromatic N) is 4. The standard InChI is InChI=1S/C13H24ClN5O/c1-5-19(6-2)13-17-11(14)16-12(18-13)15-10(7-8-20)9(3)4/h9-10,20H,5-8H2,1-4H3,(H,15,16,17,18). The van der Waals surface area contributed by atoms with E-state index in [-0.39, 0.29) is 17.9 Å². The summed E-state index contributed by atoms with van der Waals surface area (Å²) in [6.07, 6.45) is 0.640. The lowest BCUT2D eigenvalue weighted by Crippen LogP contribution is -2.29. The molecule has 6 nitrogen and oxygen atoms in total. The molecule has 1 atom stereocenters. The number of hydrogen-bond acceptors (Lipinski definition) is 6. The van der Waals surface area contributed by atoms with Gasteiger partial charge in [0.15, 0.2) is 0 Å². The highest BCUT2D eigenvalue weighted by Crippen LogP contribution is 2.17. The molecule has 1 unspecified atom stereocenters. The molecule has 0 aromatic carbocycles. The molecule has 114 valence electrons. The molecule has 0 bridgehead atoms. The topological polar surface area (TPSA) is 74.2 Å². The summed E-state index contributed by atoms with van der Waals surface area (Å²) in [5.41, 5.74) is 0. The fourth-order valence-corrected chi connectivity index (χ4v) is 2.08. The molecular weight excluding hydrogens is 278 g/mol. The van der Waals surface area contributed by atoms with Crippen molar-refractivity contribution >= 4 is 23.5 Å². The number of aromatic nitrogens is 3. The third-order valence-corrected chi connectivity index (χ3v) is 3.37. The molecule has 1 heterocycles. The Morgan fingerprint density at radius 3 is 2.35 bits per heavy atom. The summed E-state index contributed by atoms with van der Waals surface area (Å²) in [5.74, 6) is 1.39. The average Bonchev–Trinajstić information content (AvgIpc) is 2.39. The van der Waals surface area contributed by atoms with Crippen molar-refractivity contribution in [1.29, 1.82) is 0 Å². The van der Waals surface area contributed by atoms with Crippen molar-refractivity contribution in [2.24, 2.45) is 5.92 Å². The third kappa shape index (κ3) is 4.76. The lowest BCUT2D eigenvalue weighted by molar-refractivity contribution is 0.267. The van der Waals surface area contributed by atoms with E-state index in [4.69, 9.17) is 16.7 Å². The molecule has 0 aliphatic carbocycles. The Labute approximate surface area is 125 Å². The second-order valence-electron chi connectivity index (χ2n) is 4.91. The molecule has 0 saturated carbocycles. The van der Waals surface area contributed by atoms with Gasteiger partial charge in [0.05, 0.1) is 0 Å². The zero-order chi connectivity index (χ0) is 15.1. The largest absolute Gasteiger partial charge is 0.396 e. The van der Waals surface area contributed by atoms with Gasteiger partial charge in [0.1, 0.15) is 0 Å². The summed E-state index contributed by atoms with van der Waals surface area (Å²) in [6.45, 7) is 9.98. The van der Waals surface area contributed by atoms with Gasteiger partial charge in [0.2, 0.25) is 17.2 Å². The number of aliphatic hydroxyl groups is 1. The van der Waals surface area contributed by atoms with Crippen molar-refractivity contribution in [2.45, 2.75) is 40.2 Å². The number of hydrogen-bond donors (Lipinski definition) is 2. The zero-order valence-corrected chi connectivity index (χ0v) is 13.4. The van der Waals surface area contributed by atoms with Crippen LogP contribution in [0.2, 0.25) is 5.28 Å². The van der Waals surface area contributed by atoms with Crippen LogP contribution in [0, 0.1) is 5.92 Å². The Kier molecular flexibility index (Phi) is 6.95. The van der Waals surface area contributed by atoms with Crippen molar-refractivity contribution in [2.75, 3.05) is 29.9 Å². The van der Waals surface area contributed by atoms with E-state index in [1.807, 2.05) is 18.7 Å². The van der Waals surface area contributed by atoms with Gasteiger partial charge >= 0.3 is 0 Å². The van der Waals surface area contributed by atoms with Crippen LogP contribution in [0.25, 0.3) is 0 Å². The second kappa shape index (κ2) is 8.21. The first-order chi connectivity index (χ1) is 9.51. The first-order valence-electron chi connectivity index (χ1n) is 7.05. The van der Waals surface area contributed by atoms with E-state index in [1.165, 1.54) is 0 Å². The van der Waals surface area contributed by atoms with E-state index >= 15 is 0 Å².